The van der Waals surface area contributed by atoms with Gasteiger partial charge in [-0.3, -0.25) is 28.8 Å². The Morgan fingerprint density at radius 1 is 0.679 bits per heavy atom. The molecule has 2 fully saturated rings. The molecule has 2 aliphatic rings. The summed E-state index contributed by atoms with van der Waals surface area (Å²) in [6.45, 7) is 4.61. The Morgan fingerprint density at radius 3 is 1.81 bits per heavy atom. The van der Waals surface area contributed by atoms with Crippen molar-refractivity contribution in [2.75, 3.05) is 23.7 Å². The summed E-state index contributed by atoms with van der Waals surface area (Å²) < 4.78 is 0. The van der Waals surface area contributed by atoms with Crippen molar-refractivity contribution in [3.63, 3.8) is 0 Å². The van der Waals surface area contributed by atoms with Crippen LogP contribution in [0.4, 0.5) is 11.4 Å². The molecule has 0 saturated carbocycles. The summed E-state index contributed by atoms with van der Waals surface area (Å²) in [6.07, 6.45) is 7.00. The van der Waals surface area contributed by atoms with Gasteiger partial charge in [0.05, 0.1) is 12.2 Å². The highest BCUT2D eigenvalue weighted by atomic mass is 16.7. The van der Waals surface area contributed by atoms with E-state index in [1.807, 2.05) is 78.9 Å². The molecule has 53 heavy (non-hydrogen) atoms. The molecule has 0 spiro atoms. The highest BCUT2D eigenvalue weighted by Crippen LogP contribution is 2.25. The number of hydroxylamine groups is 2. The first-order valence-corrected chi connectivity index (χ1v) is 18.1. The standard InChI is InChI=1S/C43H44N4O6/c1-3-40(49)36-12-6-7-13-37(36)43(52)46-26-8-14-38(46)41(50)44-33-22-18-30(19-23-33)16-17-31-20-24-34(25-21-31)45-42(51)39-15-9-27-47(39)53-28-32-10-4-5-11-35(32)29(2)48/h4-7,10-13,16-25,38-39H,3,8-9,14-15,26-28H2,1-2H3,(H,44,50)(H,45,51)/b17-16+/t38-,39-/m0/s1. The van der Waals surface area contributed by atoms with E-state index in [9.17, 15) is 24.0 Å². The normalized spacial score (nSPS) is 17.2. The van der Waals surface area contributed by atoms with Gasteiger partial charge in [-0.1, -0.05) is 85.8 Å². The maximum absolute atomic E-state index is 13.5. The molecule has 0 unspecified atom stereocenters. The minimum absolute atomic E-state index is 0.0221. The fourth-order valence-corrected chi connectivity index (χ4v) is 6.84. The minimum Gasteiger partial charge on any atom is -0.327 e. The number of anilines is 2. The number of nitrogens with zero attached hydrogens (tertiary/aromatic N) is 2. The maximum atomic E-state index is 13.5. The number of carbonyl (C=O) groups is 5. The first kappa shape index (κ1) is 37.1. The molecule has 4 aromatic carbocycles. The van der Waals surface area contributed by atoms with Gasteiger partial charge >= 0.3 is 0 Å². The van der Waals surface area contributed by atoms with Crippen molar-refractivity contribution in [3.05, 3.63) is 130 Å². The monoisotopic (exact) mass is 712 g/mol. The fraction of sp³-hybridized carbons (Fsp3) is 0.279. The van der Waals surface area contributed by atoms with E-state index in [0.29, 0.717) is 66.8 Å². The van der Waals surface area contributed by atoms with E-state index in [4.69, 9.17) is 4.84 Å². The molecule has 2 heterocycles. The van der Waals surface area contributed by atoms with Crippen LogP contribution >= 0.6 is 0 Å². The summed E-state index contributed by atoms with van der Waals surface area (Å²) in [5, 5.41) is 7.67. The van der Waals surface area contributed by atoms with Crippen LogP contribution in [0.1, 0.15) is 93.7 Å². The van der Waals surface area contributed by atoms with Crippen molar-refractivity contribution in [1.82, 2.24) is 9.96 Å². The molecule has 6 rings (SSSR count). The van der Waals surface area contributed by atoms with Crippen LogP contribution in [-0.4, -0.2) is 64.4 Å². The van der Waals surface area contributed by atoms with Gasteiger partial charge in [-0.15, -0.1) is 0 Å². The zero-order valence-electron chi connectivity index (χ0n) is 30.0. The van der Waals surface area contributed by atoms with Crippen LogP contribution in [0.3, 0.4) is 0 Å². The predicted octanol–water partition coefficient (Wildman–Crippen LogP) is 7.43. The number of amides is 3. The van der Waals surface area contributed by atoms with E-state index in [2.05, 4.69) is 10.6 Å². The number of nitrogens with one attached hydrogen (secondary N) is 2. The summed E-state index contributed by atoms with van der Waals surface area (Å²) in [5.41, 5.74) is 5.33. The quantitative estimate of drug-likeness (QED) is 0.109. The van der Waals surface area contributed by atoms with Crippen molar-refractivity contribution in [2.24, 2.45) is 0 Å². The van der Waals surface area contributed by atoms with Crippen LogP contribution in [-0.2, 0) is 21.0 Å². The van der Waals surface area contributed by atoms with Gasteiger partial charge in [0.25, 0.3) is 5.91 Å². The Hall–Kier alpha value is -5.71. The molecule has 0 aromatic heterocycles. The van der Waals surface area contributed by atoms with Gasteiger partial charge in [-0.05, 0) is 79.6 Å². The molecule has 2 saturated heterocycles. The predicted molar refractivity (Wildman–Crippen MR) is 205 cm³/mol. The molecule has 0 bridgehead atoms. The van der Waals surface area contributed by atoms with Gasteiger partial charge in [-0.25, -0.2) is 0 Å². The zero-order valence-corrected chi connectivity index (χ0v) is 30.0. The zero-order chi connectivity index (χ0) is 37.3. The molecule has 10 heteroatoms. The van der Waals surface area contributed by atoms with E-state index in [1.54, 1.807) is 47.2 Å². The van der Waals surface area contributed by atoms with Gasteiger partial charge in [-0.2, -0.15) is 5.06 Å². The molecule has 3 amide bonds. The first-order chi connectivity index (χ1) is 25.7. The second kappa shape index (κ2) is 17.2. The molecule has 2 aliphatic heterocycles. The van der Waals surface area contributed by atoms with Crippen LogP contribution in [0.25, 0.3) is 12.2 Å². The third-order valence-electron chi connectivity index (χ3n) is 9.71. The van der Waals surface area contributed by atoms with Crippen LogP contribution in [0.15, 0.2) is 97.1 Å². The Kier molecular flexibility index (Phi) is 12.0. The summed E-state index contributed by atoms with van der Waals surface area (Å²) in [7, 11) is 0. The molecule has 2 N–H and O–H groups in total. The Balaban J connectivity index is 0.999. The Morgan fingerprint density at radius 2 is 1.21 bits per heavy atom. The Bertz CT molecular complexity index is 2010. The van der Waals surface area contributed by atoms with Crippen molar-refractivity contribution < 1.29 is 28.8 Å². The largest absolute Gasteiger partial charge is 0.327 e. The van der Waals surface area contributed by atoms with Gasteiger partial charge < -0.3 is 15.5 Å². The number of hydrogen-bond acceptors (Lipinski definition) is 7. The molecular weight excluding hydrogens is 668 g/mol. The molecule has 10 nitrogen and oxygen atoms in total. The lowest BCUT2D eigenvalue weighted by Gasteiger charge is -2.25. The van der Waals surface area contributed by atoms with Crippen molar-refractivity contribution >= 4 is 52.8 Å². The van der Waals surface area contributed by atoms with Crippen molar-refractivity contribution in [1.29, 1.82) is 0 Å². The number of carbonyl (C=O) groups excluding carboxylic acids is 5. The average molecular weight is 713 g/mol. The molecular formula is C43H44N4O6. The third kappa shape index (κ3) is 9.03. The SMILES string of the molecule is CCC(=O)c1ccccc1C(=O)N1CCC[C@H]1C(=O)Nc1ccc(/C=C/c2ccc(NC(=O)[C@@H]3CCCN3OCc3ccccc3C(C)=O)cc2)cc1. The number of Topliss-reactive ketones (excluding diaryl/α,β-unsaturated/α-hetero) is 2. The van der Waals surface area contributed by atoms with Gasteiger partial charge in [0.1, 0.15) is 12.1 Å². The lowest BCUT2D eigenvalue weighted by Crippen LogP contribution is -2.43. The fourth-order valence-electron chi connectivity index (χ4n) is 6.84. The van der Waals surface area contributed by atoms with E-state index in [1.165, 1.54) is 6.92 Å². The van der Waals surface area contributed by atoms with Gasteiger partial charge in [0.15, 0.2) is 11.6 Å². The number of hydrogen-bond donors (Lipinski definition) is 2. The molecule has 272 valence electrons. The number of likely N-dealkylation sites (tertiary alicyclic amines) is 1. The third-order valence-corrected chi connectivity index (χ3v) is 9.71. The summed E-state index contributed by atoms with van der Waals surface area (Å²) in [6, 6.07) is 28.1. The van der Waals surface area contributed by atoms with E-state index in [0.717, 1.165) is 23.1 Å². The second-order valence-corrected chi connectivity index (χ2v) is 13.3. The van der Waals surface area contributed by atoms with E-state index < -0.39 is 12.1 Å². The average Bonchev–Trinajstić information content (AvgIpc) is 3.88. The molecule has 2 atom stereocenters. The van der Waals surface area contributed by atoms with Crippen LogP contribution in [0.2, 0.25) is 0 Å². The van der Waals surface area contributed by atoms with E-state index in [-0.39, 0.29) is 35.9 Å². The summed E-state index contributed by atoms with van der Waals surface area (Å²) in [5.74, 6) is -0.820. The molecule has 0 radical (unpaired) electrons. The highest BCUT2D eigenvalue weighted by molar-refractivity contribution is 6.09. The van der Waals surface area contributed by atoms with Crippen molar-refractivity contribution in [3.8, 4) is 0 Å². The topological polar surface area (TPSA) is 125 Å². The first-order valence-electron chi connectivity index (χ1n) is 18.1. The summed E-state index contributed by atoms with van der Waals surface area (Å²) >= 11 is 0. The van der Waals surface area contributed by atoms with Crippen LogP contribution in [0, 0.1) is 0 Å². The highest BCUT2D eigenvalue weighted by Gasteiger charge is 2.36. The Labute approximate surface area is 309 Å². The number of ketones is 2. The lowest BCUT2D eigenvalue weighted by molar-refractivity contribution is -0.182. The van der Waals surface area contributed by atoms with Gasteiger partial charge in [0, 0.05) is 42.0 Å². The number of benzene rings is 4. The van der Waals surface area contributed by atoms with Crippen molar-refractivity contribution in [2.45, 2.75) is 64.6 Å². The minimum atomic E-state index is -0.619. The molecule has 4 aromatic rings. The van der Waals surface area contributed by atoms with Crippen LogP contribution < -0.4 is 10.6 Å². The van der Waals surface area contributed by atoms with Crippen LogP contribution in [0.5, 0.6) is 0 Å². The lowest BCUT2D eigenvalue weighted by atomic mass is 10.0. The summed E-state index contributed by atoms with van der Waals surface area (Å²) in [4.78, 5) is 71.9. The molecule has 0 aliphatic carbocycles. The van der Waals surface area contributed by atoms with Gasteiger partial charge in [0.2, 0.25) is 11.8 Å². The maximum Gasteiger partial charge on any atom is 0.255 e. The number of rotatable bonds is 13. The smallest absolute Gasteiger partial charge is 0.255 e. The second-order valence-electron chi connectivity index (χ2n) is 13.3. The van der Waals surface area contributed by atoms with E-state index >= 15 is 0 Å².